The van der Waals surface area contributed by atoms with Gasteiger partial charge in [0.1, 0.15) is 11.5 Å². The summed E-state index contributed by atoms with van der Waals surface area (Å²) in [6.07, 6.45) is 5.33. The number of ether oxygens (including phenoxy) is 2. The zero-order chi connectivity index (χ0) is 17.9. The van der Waals surface area contributed by atoms with Gasteiger partial charge < -0.3 is 9.47 Å². The molecule has 0 amide bonds. The molecule has 25 heavy (non-hydrogen) atoms. The van der Waals surface area contributed by atoms with Gasteiger partial charge in [-0.25, -0.2) is 4.79 Å². The van der Waals surface area contributed by atoms with Gasteiger partial charge >= 0.3 is 5.97 Å². The molecule has 0 heterocycles. The Bertz CT molecular complexity index is 702. The van der Waals surface area contributed by atoms with Crippen molar-refractivity contribution in [3.63, 3.8) is 0 Å². The Kier molecular flexibility index (Phi) is 7.44. The summed E-state index contributed by atoms with van der Waals surface area (Å²) >= 11 is 0. The number of rotatable bonds is 9. The van der Waals surface area contributed by atoms with Gasteiger partial charge in [0.15, 0.2) is 5.78 Å². The Hall–Kier alpha value is -2.88. The van der Waals surface area contributed by atoms with Crippen molar-refractivity contribution in [2.24, 2.45) is 0 Å². The lowest BCUT2D eigenvalue weighted by atomic mass is 10.1. The third kappa shape index (κ3) is 6.63. The summed E-state index contributed by atoms with van der Waals surface area (Å²) in [4.78, 5) is 23.6. The van der Waals surface area contributed by atoms with Gasteiger partial charge in [-0.15, -0.1) is 0 Å². The number of hydrogen-bond donors (Lipinski definition) is 0. The van der Waals surface area contributed by atoms with E-state index in [2.05, 4.69) is 6.92 Å². The van der Waals surface area contributed by atoms with Crippen molar-refractivity contribution in [1.29, 1.82) is 0 Å². The average molecular weight is 338 g/mol. The molecule has 4 nitrogen and oxygen atoms in total. The zero-order valence-electron chi connectivity index (χ0n) is 14.3. The SMILES string of the molecule is CCCCCOC(=O)C=CC(=O)c1ccc(Oc2ccccc2)cc1. The first-order chi connectivity index (χ1) is 12.2. The summed E-state index contributed by atoms with van der Waals surface area (Å²) in [5, 5.41) is 0. The fourth-order valence-electron chi connectivity index (χ4n) is 2.12. The molecule has 0 saturated heterocycles. The van der Waals surface area contributed by atoms with E-state index in [0.717, 1.165) is 25.0 Å². The molecule has 0 aromatic heterocycles. The molecule has 130 valence electrons. The normalized spacial score (nSPS) is 10.6. The summed E-state index contributed by atoms with van der Waals surface area (Å²) in [7, 11) is 0. The van der Waals surface area contributed by atoms with Gasteiger partial charge in [0.05, 0.1) is 6.61 Å². The molecule has 4 heteroatoms. The van der Waals surface area contributed by atoms with E-state index in [1.165, 1.54) is 12.2 Å². The predicted molar refractivity (Wildman–Crippen MR) is 96.9 cm³/mol. The number of unbranched alkanes of at least 4 members (excludes halogenated alkanes) is 2. The third-order valence-corrected chi connectivity index (χ3v) is 3.48. The summed E-state index contributed by atoms with van der Waals surface area (Å²) in [5.41, 5.74) is 0.482. The Balaban J connectivity index is 1.85. The second-order valence-corrected chi connectivity index (χ2v) is 5.51. The quantitative estimate of drug-likeness (QED) is 0.281. The molecule has 0 spiro atoms. The second kappa shape index (κ2) is 10.1. The molecule has 0 aliphatic carbocycles. The van der Waals surface area contributed by atoms with E-state index < -0.39 is 5.97 Å². The lowest BCUT2D eigenvalue weighted by molar-refractivity contribution is -0.137. The van der Waals surface area contributed by atoms with E-state index in [-0.39, 0.29) is 5.78 Å². The number of carbonyl (C=O) groups is 2. The lowest BCUT2D eigenvalue weighted by Gasteiger charge is -2.05. The first-order valence-corrected chi connectivity index (χ1v) is 8.41. The summed E-state index contributed by atoms with van der Waals surface area (Å²) < 4.78 is 10.7. The topological polar surface area (TPSA) is 52.6 Å². The maximum atomic E-state index is 12.1. The van der Waals surface area contributed by atoms with Crippen molar-refractivity contribution >= 4 is 11.8 Å². The van der Waals surface area contributed by atoms with Crippen LogP contribution in [-0.2, 0) is 9.53 Å². The first-order valence-electron chi connectivity index (χ1n) is 8.41. The molecule has 0 fully saturated rings. The number of ketones is 1. The van der Waals surface area contributed by atoms with E-state index in [9.17, 15) is 9.59 Å². The van der Waals surface area contributed by atoms with Gasteiger partial charge in [-0.2, -0.15) is 0 Å². The Morgan fingerprint density at radius 3 is 2.24 bits per heavy atom. The van der Waals surface area contributed by atoms with Crippen molar-refractivity contribution in [1.82, 2.24) is 0 Å². The van der Waals surface area contributed by atoms with Crippen LogP contribution in [0.25, 0.3) is 0 Å². The highest BCUT2D eigenvalue weighted by Crippen LogP contribution is 2.21. The van der Waals surface area contributed by atoms with E-state index >= 15 is 0 Å². The Morgan fingerprint density at radius 2 is 1.56 bits per heavy atom. The maximum absolute atomic E-state index is 12.1. The van der Waals surface area contributed by atoms with Gasteiger partial charge in [-0.05, 0) is 48.9 Å². The number of esters is 1. The van der Waals surface area contributed by atoms with Crippen LogP contribution in [0, 0.1) is 0 Å². The van der Waals surface area contributed by atoms with Crippen molar-refractivity contribution in [2.75, 3.05) is 6.61 Å². The minimum absolute atomic E-state index is 0.253. The van der Waals surface area contributed by atoms with Crippen LogP contribution in [0.4, 0.5) is 0 Å². The number of benzene rings is 2. The van der Waals surface area contributed by atoms with Crippen LogP contribution >= 0.6 is 0 Å². The van der Waals surface area contributed by atoms with E-state index in [1.807, 2.05) is 30.3 Å². The minimum atomic E-state index is -0.492. The van der Waals surface area contributed by atoms with Crippen molar-refractivity contribution in [3.05, 3.63) is 72.3 Å². The van der Waals surface area contributed by atoms with Crippen LogP contribution < -0.4 is 4.74 Å². The number of allylic oxidation sites excluding steroid dienone is 1. The monoisotopic (exact) mass is 338 g/mol. The van der Waals surface area contributed by atoms with Crippen molar-refractivity contribution in [3.8, 4) is 11.5 Å². The number of para-hydroxylation sites is 1. The van der Waals surface area contributed by atoms with Gasteiger partial charge in [0.2, 0.25) is 0 Å². The molecule has 0 N–H and O–H groups in total. The van der Waals surface area contributed by atoms with E-state index in [0.29, 0.717) is 17.9 Å². The molecule has 0 unspecified atom stereocenters. The molecular weight excluding hydrogens is 316 g/mol. The van der Waals surface area contributed by atoms with Crippen LogP contribution in [0.1, 0.15) is 36.5 Å². The van der Waals surface area contributed by atoms with Gasteiger partial charge in [-0.1, -0.05) is 38.0 Å². The molecule has 2 aromatic carbocycles. The smallest absolute Gasteiger partial charge is 0.330 e. The average Bonchev–Trinajstić information content (AvgIpc) is 2.65. The summed E-state index contributed by atoms with van der Waals surface area (Å²) in [6, 6.07) is 16.2. The standard InChI is InChI=1S/C21H22O4/c1-2-3-7-16-24-21(23)15-14-20(22)17-10-12-19(13-11-17)25-18-8-5-4-6-9-18/h4-6,8-15H,2-3,7,16H2,1H3. The van der Waals surface area contributed by atoms with E-state index in [1.54, 1.807) is 24.3 Å². The van der Waals surface area contributed by atoms with Gasteiger partial charge in [-0.3, -0.25) is 4.79 Å². The van der Waals surface area contributed by atoms with Gasteiger partial charge in [0.25, 0.3) is 0 Å². The molecule has 2 rings (SSSR count). The largest absolute Gasteiger partial charge is 0.463 e. The fraction of sp³-hybridized carbons (Fsp3) is 0.238. The Labute approximate surface area is 148 Å². The molecule has 0 aliphatic rings. The molecule has 0 radical (unpaired) electrons. The molecule has 2 aromatic rings. The molecule has 0 atom stereocenters. The molecule has 0 saturated carbocycles. The summed E-state index contributed by atoms with van der Waals surface area (Å²) in [5.74, 6) is 0.625. The summed E-state index contributed by atoms with van der Waals surface area (Å²) in [6.45, 7) is 2.47. The Morgan fingerprint density at radius 1 is 0.880 bits per heavy atom. The molecular formula is C21H22O4. The number of carbonyl (C=O) groups excluding carboxylic acids is 2. The van der Waals surface area contributed by atoms with Gasteiger partial charge in [0, 0.05) is 11.6 Å². The van der Waals surface area contributed by atoms with Crippen LogP contribution in [0.2, 0.25) is 0 Å². The van der Waals surface area contributed by atoms with Crippen molar-refractivity contribution in [2.45, 2.75) is 26.2 Å². The van der Waals surface area contributed by atoms with Crippen LogP contribution in [0.3, 0.4) is 0 Å². The van der Waals surface area contributed by atoms with Crippen LogP contribution in [0.15, 0.2) is 66.7 Å². The van der Waals surface area contributed by atoms with Crippen molar-refractivity contribution < 1.29 is 19.1 Å². The second-order valence-electron chi connectivity index (χ2n) is 5.51. The first kappa shape index (κ1) is 18.5. The van der Waals surface area contributed by atoms with Crippen LogP contribution in [0.5, 0.6) is 11.5 Å². The lowest BCUT2D eigenvalue weighted by Crippen LogP contribution is -2.03. The highest BCUT2D eigenvalue weighted by Gasteiger charge is 2.04. The molecule has 0 bridgehead atoms. The zero-order valence-corrected chi connectivity index (χ0v) is 14.3. The number of hydrogen-bond acceptors (Lipinski definition) is 4. The third-order valence-electron chi connectivity index (χ3n) is 3.48. The predicted octanol–water partition coefficient (Wildman–Crippen LogP) is 4.95. The van der Waals surface area contributed by atoms with Crippen LogP contribution in [-0.4, -0.2) is 18.4 Å². The minimum Gasteiger partial charge on any atom is -0.463 e. The highest BCUT2D eigenvalue weighted by atomic mass is 16.5. The van der Waals surface area contributed by atoms with E-state index in [4.69, 9.17) is 9.47 Å². The maximum Gasteiger partial charge on any atom is 0.330 e. The fourth-order valence-corrected chi connectivity index (χ4v) is 2.12. The highest BCUT2D eigenvalue weighted by molar-refractivity contribution is 6.07. The molecule has 0 aliphatic heterocycles.